The maximum atomic E-state index is 9.90. The molecule has 0 aliphatic carbocycles. The normalized spacial score (nSPS) is 11.3. The first kappa shape index (κ1) is 28.2. The van der Waals surface area contributed by atoms with Crippen LogP contribution in [0.1, 0.15) is 11.1 Å². The van der Waals surface area contributed by atoms with Gasteiger partial charge in [-0.2, -0.15) is 10.5 Å². The van der Waals surface area contributed by atoms with Crippen molar-refractivity contribution in [2.45, 2.75) is 0 Å². The number of fused-ring (bicyclic) bond motifs is 6. The number of hydrogen-bond acceptors (Lipinski definition) is 4. The Balaban J connectivity index is 1.26. The molecule has 0 saturated heterocycles. The highest BCUT2D eigenvalue weighted by Crippen LogP contribution is 2.41. The van der Waals surface area contributed by atoms with Gasteiger partial charge in [-0.25, -0.2) is 0 Å². The minimum Gasteiger partial charge on any atom is -0.192 e. The maximum Gasteiger partial charge on any atom is 0.0998 e. The Morgan fingerprint density at radius 1 is 0.333 bits per heavy atom. The first-order chi connectivity index (χ1) is 23.7. The molecule has 0 saturated carbocycles. The van der Waals surface area contributed by atoms with Crippen molar-refractivity contribution in [2.75, 3.05) is 0 Å². The van der Waals surface area contributed by atoms with Crippen molar-refractivity contribution in [1.82, 2.24) is 0 Å². The van der Waals surface area contributed by atoms with Gasteiger partial charge < -0.3 is 0 Å². The lowest BCUT2D eigenvalue weighted by Crippen LogP contribution is -1.91. The summed E-state index contributed by atoms with van der Waals surface area (Å²) in [6.07, 6.45) is 0. The van der Waals surface area contributed by atoms with Gasteiger partial charge in [0.2, 0.25) is 0 Å². The zero-order valence-electron chi connectivity index (χ0n) is 25.6. The van der Waals surface area contributed by atoms with Crippen molar-refractivity contribution in [3.8, 4) is 56.6 Å². The second-order valence-electron chi connectivity index (χ2n) is 11.9. The highest BCUT2D eigenvalue weighted by atomic mass is 32.1. The fraction of sp³-hybridized carbons (Fsp3) is 0. The topological polar surface area (TPSA) is 47.6 Å². The van der Waals surface area contributed by atoms with Crippen LogP contribution < -0.4 is 0 Å². The lowest BCUT2D eigenvalue weighted by atomic mass is 9.90. The molecule has 0 amide bonds. The van der Waals surface area contributed by atoms with E-state index in [1.807, 2.05) is 34.8 Å². The Morgan fingerprint density at radius 2 is 0.750 bits per heavy atom. The summed E-state index contributed by atoms with van der Waals surface area (Å²) in [7, 11) is 0. The first-order valence-corrected chi connectivity index (χ1v) is 17.3. The van der Waals surface area contributed by atoms with E-state index in [4.69, 9.17) is 0 Å². The van der Waals surface area contributed by atoms with E-state index in [1.165, 1.54) is 40.3 Å². The summed E-state index contributed by atoms with van der Waals surface area (Å²) < 4.78 is 5.15. The van der Waals surface area contributed by atoms with Gasteiger partial charge in [0, 0.05) is 45.9 Å². The third kappa shape index (κ3) is 4.67. The third-order valence-corrected chi connectivity index (χ3v) is 11.4. The summed E-state index contributed by atoms with van der Waals surface area (Å²) in [5, 5.41) is 24.9. The molecule has 0 spiro atoms. The SMILES string of the molecule is N#Cc1cccc(C#N)c1-c1cccc(-c2cc(-c3ccc4sc5ccccc5c4c3)cc(-c3ccc4sc5ccccc5c4c3)c2)c1. The van der Waals surface area contributed by atoms with Gasteiger partial charge in [-0.15, -0.1) is 22.7 Å². The average molecular weight is 645 g/mol. The predicted octanol–water partition coefficient (Wildman–Crippen LogP) is 12.8. The molecule has 0 atom stereocenters. The minimum absolute atomic E-state index is 0.494. The standard InChI is InChI=1S/C44H24N2S2/c45-25-31-9-6-10-32(26-46)44(31)30-8-5-7-27(19-30)33-20-34(28-15-17-42-38(23-28)36-11-1-3-13-40(36)47-42)22-35(21-33)29-16-18-43-39(24-29)37-12-2-4-14-41(37)48-43/h1-24H. The van der Waals surface area contributed by atoms with Crippen LogP contribution in [-0.2, 0) is 0 Å². The molecule has 9 aromatic rings. The van der Waals surface area contributed by atoms with E-state index in [9.17, 15) is 10.5 Å². The van der Waals surface area contributed by atoms with Crippen molar-refractivity contribution >= 4 is 63.0 Å². The van der Waals surface area contributed by atoms with Crippen molar-refractivity contribution < 1.29 is 0 Å². The zero-order chi connectivity index (χ0) is 32.2. The second-order valence-corrected chi connectivity index (χ2v) is 14.1. The summed E-state index contributed by atoms with van der Waals surface area (Å²) in [6, 6.07) is 55.8. The van der Waals surface area contributed by atoms with Crippen LogP contribution >= 0.6 is 22.7 Å². The summed E-state index contributed by atoms with van der Waals surface area (Å²) in [5.41, 5.74) is 9.20. The highest BCUT2D eigenvalue weighted by molar-refractivity contribution is 7.26. The van der Waals surface area contributed by atoms with E-state index in [1.54, 1.807) is 18.2 Å². The van der Waals surface area contributed by atoms with Gasteiger partial charge in [-0.3, -0.25) is 0 Å². The van der Waals surface area contributed by atoms with Crippen LogP contribution in [0.15, 0.2) is 146 Å². The predicted molar refractivity (Wildman–Crippen MR) is 203 cm³/mol. The minimum atomic E-state index is 0.494. The molecule has 0 aliphatic rings. The van der Waals surface area contributed by atoms with Gasteiger partial charge in [-0.05, 0) is 112 Å². The van der Waals surface area contributed by atoms with Gasteiger partial charge >= 0.3 is 0 Å². The Bertz CT molecular complexity index is 2660. The van der Waals surface area contributed by atoms with E-state index < -0.39 is 0 Å². The molecule has 222 valence electrons. The molecule has 7 aromatic carbocycles. The lowest BCUT2D eigenvalue weighted by molar-refractivity contribution is 1.44. The summed E-state index contributed by atoms with van der Waals surface area (Å²) >= 11 is 3.66. The molecule has 2 nitrogen and oxygen atoms in total. The molecule has 9 rings (SSSR count). The fourth-order valence-corrected chi connectivity index (χ4v) is 9.02. The molecule has 0 aliphatic heterocycles. The summed E-state index contributed by atoms with van der Waals surface area (Å²) in [5.74, 6) is 0. The molecular formula is C44H24N2S2. The molecule has 0 N–H and O–H groups in total. The van der Waals surface area contributed by atoms with Crippen LogP contribution in [0.5, 0.6) is 0 Å². The van der Waals surface area contributed by atoms with Crippen molar-refractivity contribution in [3.05, 3.63) is 157 Å². The molecule has 2 heterocycles. The Morgan fingerprint density at radius 3 is 1.27 bits per heavy atom. The highest BCUT2D eigenvalue weighted by Gasteiger charge is 2.15. The fourth-order valence-electron chi connectivity index (χ4n) is 6.84. The molecule has 0 bridgehead atoms. The van der Waals surface area contributed by atoms with Crippen molar-refractivity contribution in [1.29, 1.82) is 10.5 Å². The van der Waals surface area contributed by atoms with E-state index in [0.717, 1.165) is 38.9 Å². The van der Waals surface area contributed by atoms with Crippen molar-refractivity contribution in [2.24, 2.45) is 0 Å². The molecule has 2 aromatic heterocycles. The van der Waals surface area contributed by atoms with Crippen LogP contribution in [-0.4, -0.2) is 0 Å². The second kappa shape index (κ2) is 11.3. The monoisotopic (exact) mass is 644 g/mol. The Kier molecular flexibility index (Phi) is 6.66. The molecule has 0 unspecified atom stereocenters. The van der Waals surface area contributed by atoms with E-state index in [2.05, 4.69) is 127 Å². The first-order valence-electron chi connectivity index (χ1n) is 15.7. The zero-order valence-corrected chi connectivity index (χ0v) is 27.2. The van der Waals surface area contributed by atoms with Crippen LogP contribution in [0.2, 0.25) is 0 Å². The van der Waals surface area contributed by atoms with Crippen molar-refractivity contribution in [3.63, 3.8) is 0 Å². The average Bonchev–Trinajstić information content (AvgIpc) is 3.72. The van der Waals surface area contributed by atoms with E-state index in [-0.39, 0.29) is 0 Å². The Hall–Kier alpha value is -6.04. The maximum absolute atomic E-state index is 9.90. The quantitative estimate of drug-likeness (QED) is 0.191. The number of nitrogens with zero attached hydrogens (tertiary/aromatic N) is 2. The largest absolute Gasteiger partial charge is 0.192 e. The van der Waals surface area contributed by atoms with E-state index >= 15 is 0 Å². The van der Waals surface area contributed by atoms with Gasteiger partial charge in [0.15, 0.2) is 0 Å². The van der Waals surface area contributed by atoms with Gasteiger partial charge in [-0.1, -0.05) is 72.8 Å². The van der Waals surface area contributed by atoms with Gasteiger partial charge in [0.25, 0.3) is 0 Å². The number of benzene rings is 7. The molecule has 0 radical (unpaired) electrons. The third-order valence-electron chi connectivity index (χ3n) is 9.14. The van der Waals surface area contributed by atoms with Crippen LogP contribution in [0.3, 0.4) is 0 Å². The Labute approximate surface area is 285 Å². The number of nitriles is 2. The molecule has 0 fully saturated rings. The molecule has 48 heavy (non-hydrogen) atoms. The molecule has 4 heteroatoms. The van der Waals surface area contributed by atoms with E-state index in [0.29, 0.717) is 16.7 Å². The molecular weight excluding hydrogens is 621 g/mol. The van der Waals surface area contributed by atoms with Crippen LogP contribution in [0, 0.1) is 22.7 Å². The lowest BCUT2D eigenvalue weighted by Gasteiger charge is -2.13. The van der Waals surface area contributed by atoms with Gasteiger partial charge in [0.1, 0.15) is 0 Å². The number of hydrogen-bond donors (Lipinski definition) is 0. The van der Waals surface area contributed by atoms with Gasteiger partial charge in [0.05, 0.1) is 23.3 Å². The van der Waals surface area contributed by atoms with Crippen LogP contribution in [0.25, 0.3) is 84.9 Å². The number of thiophene rings is 2. The van der Waals surface area contributed by atoms with Crippen LogP contribution in [0.4, 0.5) is 0 Å². The summed E-state index contributed by atoms with van der Waals surface area (Å²) in [4.78, 5) is 0. The number of rotatable bonds is 4. The summed E-state index contributed by atoms with van der Waals surface area (Å²) in [6.45, 7) is 0. The smallest absolute Gasteiger partial charge is 0.0998 e.